The number of hydrogen-bond donors (Lipinski definition) is 0. The number of rotatable bonds is 3. The van der Waals surface area contributed by atoms with Crippen molar-refractivity contribution in [2.45, 2.75) is 6.43 Å². The fraction of sp³-hybridized carbons (Fsp3) is 0.250. The van der Waals surface area contributed by atoms with Crippen LogP contribution in [0.2, 0.25) is 0 Å². The number of methoxy groups -OCH3 is 1. The molecule has 0 fully saturated rings. The number of alkyl halides is 2. The van der Waals surface area contributed by atoms with Gasteiger partial charge in [0, 0.05) is 6.07 Å². The number of pyridine rings is 1. The summed E-state index contributed by atoms with van der Waals surface area (Å²) in [6.07, 6.45) is -3.41. The summed E-state index contributed by atoms with van der Waals surface area (Å²) in [7, 11) is 0.939. The molecule has 6 nitrogen and oxygen atoms in total. The van der Waals surface area contributed by atoms with Crippen LogP contribution in [0.1, 0.15) is 22.5 Å². The van der Waals surface area contributed by atoms with Gasteiger partial charge in [0.2, 0.25) is 0 Å². The molecule has 0 radical (unpaired) electrons. The van der Waals surface area contributed by atoms with Gasteiger partial charge in [0.1, 0.15) is 5.82 Å². The monoisotopic (exact) mass is 250 g/mol. The molecule has 92 valence electrons. The number of carbonyl (C=O) groups is 1. The minimum atomic E-state index is -3.41. The van der Waals surface area contributed by atoms with E-state index in [0.29, 0.717) is 6.07 Å². The van der Waals surface area contributed by atoms with Crippen molar-refractivity contribution in [3.8, 4) is 0 Å². The van der Waals surface area contributed by atoms with Crippen LogP contribution in [0.4, 0.5) is 19.0 Å². The van der Waals surface area contributed by atoms with Crippen LogP contribution in [0, 0.1) is 15.9 Å². The third-order valence-electron chi connectivity index (χ3n) is 1.77. The standard InChI is InChI=1S/C8H5F3N2O4/c1-17-8(14)4-2-3(9)5(6(10)11)7(12-4)13(15)16/h2,6H,1H3. The first kappa shape index (κ1) is 12.9. The highest BCUT2D eigenvalue weighted by Crippen LogP contribution is 2.30. The largest absolute Gasteiger partial charge is 0.463 e. The lowest BCUT2D eigenvalue weighted by molar-refractivity contribution is -0.391. The van der Waals surface area contributed by atoms with Crippen LogP contribution < -0.4 is 0 Å². The molecule has 1 heterocycles. The molecular formula is C8H5F3N2O4. The highest BCUT2D eigenvalue weighted by molar-refractivity contribution is 5.87. The first-order valence-corrected chi connectivity index (χ1v) is 4.09. The average molecular weight is 250 g/mol. The molecule has 0 aliphatic carbocycles. The van der Waals surface area contributed by atoms with Crippen LogP contribution in [0.25, 0.3) is 0 Å². The van der Waals surface area contributed by atoms with Crippen LogP contribution in [-0.4, -0.2) is 23.0 Å². The highest BCUT2D eigenvalue weighted by Gasteiger charge is 2.31. The Morgan fingerprint density at radius 2 is 2.18 bits per heavy atom. The molecule has 9 heteroatoms. The van der Waals surface area contributed by atoms with Gasteiger partial charge in [-0.2, -0.15) is 0 Å². The van der Waals surface area contributed by atoms with E-state index in [1.165, 1.54) is 0 Å². The first-order valence-electron chi connectivity index (χ1n) is 4.09. The fourth-order valence-corrected chi connectivity index (χ4v) is 1.06. The van der Waals surface area contributed by atoms with Crippen LogP contribution in [0.3, 0.4) is 0 Å². The minimum absolute atomic E-state index is 0.361. The molecule has 0 saturated carbocycles. The molecule has 0 bridgehead atoms. The number of nitro groups is 1. The predicted octanol–water partition coefficient (Wildman–Crippen LogP) is 1.85. The topological polar surface area (TPSA) is 82.3 Å². The van der Waals surface area contributed by atoms with E-state index in [1.54, 1.807) is 0 Å². The Bertz CT molecular complexity index is 478. The van der Waals surface area contributed by atoms with Gasteiger partial charge in [0.05, 0.1) is 7.11 Å². The Kier molecular flexibility index (Phi) is 3.61. The summed E-state index contributed by atoms with van der Waals surface area (Å²) in [6.45, 7) is 0. The number of hydrogen-bond acceptors (Lipinski definition) is 5. The molecule has 0 N–H and O–H groups in total. The first-order chi connectivity index (χ1) is 7.88. The lowest BCUT2D eigenvalue weighted by Gasteiger charge is -2.03. The van der Waals surface area contributed by atoms with Crippen LogP contribution in [0.5, 0.6) is 0 Å². The van der Waals surface area contributed by atoms with Crippen molar-refractivity contribution < 1.29 is 27.6 Å². The Labute approximate surface area is 92.2 Å². The van der Waals surface area contributed by atoms with Gasteiger partial charge in [-0.25, -0.2) is 18.0 Å². The van der Waals surface area contributed by atoms with Gasteiger partial charge < -0.3 is 14.9 Å². The quantitative estimate of drug-likeness (QED) is 0.464. The Hall–Kier alpha value is -2.19. The zero-order chi connectivity index (χ0) is 13.2. The zero-order valence-corrected chi connectivity index (χ0v) is 8.32. The van der Waals surface area contributed by atoms with E-state index >= 15 is 0 Å². The van der Waals surface area contributed by atoms with Crippen LogP contribution in [0.15, 0.2) is 6.07 Å². The van der Waals surface area contributed by atoms with Crippen molar-refractivity contribution in [3.63, 3.8) is 0 Å². The summed E-state index contributed by atoms with van der Waals surface area (Å²) in [5.74, 6) is -4.14. The third-order valence-corrected chi connectivity index (χ3v) is 1.77. The Morgan fingerprint density at radius 1 is 1.59 bits per heavy atom. The Balaban J connectivity index is 3.46. The average Bonchev–Trinajstić information content (AvgIpc) is 2.26. The van der Waals surface area contributed by atoms with E-state index in [4.69, 9.17) is 0 Å². The molecule has 1 aromatic rings. The van der Waals surface area contributed by atoms with Gasteiger partial charge >= 0.3 is 11.8 Å². The fourth-order valence-electron chi connectivity index (χ4n) is 1.06. The molecule has 0 aliphatic rings. The van der Waals surface area contributed by atoms with Gasteiger partial charge in [-0.15, -0.1) is 0 Å². The van der Waals surface area contributed by atoms with Crippen molar-refractivity contribution in [3.05, 3.63) is 33.3 Å². The highest BCUT2D eigenvalue weighted by atomic mass is 19.3. The normalized spacial score (nSPS) is 10.4. The maximum Gasteiger partial charge on any atom is 0.382 e. The van der Waals surface area contributed by atoms with E-state index in [0.717, 1.165) is 7.11 Å². The predicted molar refractivity (Wildman–Crippen MR) is 47.1 cm³/mol. The molecule has 0 aliphatic heterocycles. The van der Waals surface area contributed by atoms with Crippen molar-refractivity contribution in [1.29, 1.82) is 0 Å². The molecule has 0 unspecified atom stereocenters. The summed E-state index contributed by atoms with van der Waals surface area (Å²) >= 11 is 0. The summed E-state index contributed by atoms with van der Waals surface area (Å²) in [4.78, 5) is 23.1. The van der Waals surface area contributed by atoms with Crippen molar-refractivity contribution in [2.24, 2.45) is 0 Å². The number of halogens is 3. The summed E-state index contributed by atoms with van der Waals surface area (Å²) in [5, 5.41) is 10.4. The molecule has 0 aromatic carbocycles. The van der Waals surface area contributed by atoms with Crippen LogP contribution in [-0.2, 0) is 4.74 Å². The lowest BCUT2D eigenvalue weighted by atomic mass is 10.2. The number of aromatic nitrogens is 1. The summed E-state index contributed by atoms with van der Waals surface area (Å²) in [5.41, 5.74) is -2.20. The number of esters is 1. The lowest BCUT2D eigenvalue weighted by Crippen LogP contribution is -2.10. The molecule has 1 rings (SSSR count). The van der Waals surface area contributed by atoms with Gasteiger partial charge in [0.25, 0.3) is 12.1 Å². The molecule has 0 saturated heterocycles. The smallest absolute Gasteiger partial charge is 0.382 e. The second-order valence-electron chi connectivity index (χ2n) is 2.78. The number of carbonyl (C=O) groups excluding carboxylic acids is 1. The van der Waals surface area contributed by atoms with Gasteiger partial charge in [-0.3, -0.25) is 0 Å². The molecule has 0 spiro atoms. The van der Waals surface area contributed by atoms with E-state index in [9.17, 15) is 28.1 Å². The summed E-state index contributed by atoms with van der Waals surface area (Å²) in [6, 6.07) is 0.361. The van der Waals surface area contributed by atoms with Gasteiger partial charge in [-0.05, 0) is 9.91 Å². The molecule has 1 aromatic heterocycles. The minimum Gasteiger partial charge on any atom is -0.463 e. The molecule has 0 amide bonds. The van der Waals surface area contributed by atoms with Gasteiger partial charge in [0.15, 0.2) is 5.56 Å². The number of ether oxygens (including phenoxy) is 1. The molecular weight excluding hydrogens is 245 g/mol. The third kappa shape index (κ3) is 2.49. The van der Waals surface area contributed by atoms with E-state index in [-0.39, 0.29) is 0 Å². The number of nitrogens with zero attached hydrogens (tertiary/aromatic N) is 2. The second-order valence-corrected chi connectivity index (χ2v) is 2.78. The van der Waals surface area contributed by atoms with E-state index < -0.39 is 40.2 Å². The van der Waals surface area contributed by atoms with Gasteiger partial charge in [-0.1, -0.05) is 0 Å². The van der Waals surface area contributed by atoms with Crippen LogP contribution >= 0.6 is 0 Å². The van der Waals surface area contributed by atoms with Crippen molar-refractivity contribution >= 4 is 11.8 Å². The summed E-state index contributed by atoms with van der Waals surface area (Å²) < 4.78 is 42.1. The molecule has 17 heavy (non-hydrogen) atoms. The van der Waals surface area contributed by atoms with Crippen molar-refractivity contribution in [1.82, 2.24) is 4.98 Å². The maximum absolute atomic E-state index is 13.2. The molecule has 0 atom stereocenters. The maximum atomic E-state index is 13.2. The second kappa shape index (κ2) is 4.76. The van der Waals surface area contributed by atoms with Crippen molar-refractivity contribution in [2.75, 3.05) is 7.11 Å². The van der Waals surface area contributed by atoms with E-state index in [1.807, 2.05) is 0 Å². The SMILES string of the molecule is COC(=O)c1cc(F)c(C(F)F)c([N+](=O)[O-])n1. The van der Waals surface area contributed by atoms with E-state index in [2.05, 4.69) is 9.72 Å². The Morgan fingerprint density at radius 3 is 2.59 bits per heavy atom. The zero-order valence-electron chi connectivity index (χ0n) is 8.32.